The van der Waals surface area contributed by atoms with Crippen LogP contribution in [0.3, 0.4) is 0 Å². The number of aromatic amines is 1. The molecule has 0 aliphatic carbocycles. The number of H-pyrrole nitrogens is 1. The molecule has 6 heteroatoms. The van der Waals surface area contributed by atoms with Crippen molar-refractivity contribution in [2.24, 2.45) is 0 Å². The third-order valence-electron chi connectivity index (χ3n) is 5.14. The Morgan fingerprint density at radius 1 is 1.15 bits per heavy atom. The number of nitrogens with zero attached hydrogens (tertiary/aromatic N) is 1. The van der Waals surface area contributed by atoms with Crippen LogP contribution < -0.4 is 10.1 Å². The van der Waals surface area contributed by atoms with Gasteiger partial charge in [0.2, 0.25) is 0 Å². The molecule has 0 bridgehead atoms. The molecule has 2 aromatic carbocycles. The molecular formula is C21H22AsN3OS. The van der Waals surface area contributed by atoms with Crippen molar-refractivity contribution in [1.29, 1.82) is 0 Å². The average Bonchev–Trinajstić information content (AvgIpc) is 3.30. The third kappa shape index (κ3) is 3.77. The van der Waals surface area contributed by atoms with E-state index < -0.39 is 0 Å². The van der Waals surface area contributed by atoms with E-state index in [1.807, 2.05) is 18.2 Å². The fourth-order valence-corrected chi connectivity index (χ4v) is 7.63. The molecule has 0 amide bonds. The molecule has 4 aromatic rings. The number of hydrogen-bond donors (Lipinski definition) is 2. The molecule has 27 heavy (non-hydrogen) atoms. The van der Waals surface area contributed by atoms with E-state index in [1.54, 1.807) is 11.3 Å². The summed E-state index contributed by atoms with van der Waals surface area (Å²) in [5, 5.41) is 6.77. The summed E-state index contributed by atoms with van der Waals surface area (Å²) in [6.07, 6.45) is 4.92. The van der Waals surface area contributed by atoms with E-state index in [4.69, 9.17) is 4.74 Å². The van der Waals surface area contributed by atoms with Crippen LogP contribution in [0, 0.1) is 0 Å². The SMILES string of the molecule is c1ccc2sc(Oc3ccc4c(C[AsH]C5CCNCC5)c[nH]c4c3)nc2c1. The molecule has 1 aliphatic heterocycles. The Bertz CT molecular complexity index is 1030. The second kappa shape index (κ2) is 7.67. The third-order valence-corrected chi connectivity index (χ3v) is 9.70. The molecule has 4 nitrogen and oxygen atoms in total. The topological polar surface area (TPSA) is 49.9 Å². The Hall–Kier alpha value is -1.81. The zero-order chi connectivity index (χ0) is 18.1. The van der Waals surface area contributed by atoms with Crippen LogP contribution in [0.4, 0.5) is 0 Å². The zero-order valence-electron chi connectivity index (χ0n) is 15.0. The molecule has 2 N–H and O–H groups in total. The fourth-order valence-electron chi connectivity index (χ4n) is 3.65. The number of benzene rings is 2. The van der Waals surface area contributed by atoms with E-state index in [1.165, 1.54) is 42.1 Å². The molecule has 1 fully saturated rings. The van der Waals surface area contributed by atoms with Crippen molar-refractivity contribution in [2.45, 2.75) is 22.8 Å². The number of para-hydroxylation sites is 1. The minimum atomic E-state index is 0.0716. The molecule has 3 heterocycles. The van der Waals surface area contributed by atoms with Crippen molar-refractivity contribution in [3.63, 3.8) is 0 Å². The summed E-state index contributed by atoms with van der Waals surface area (Å²) < 4.78 is 8.16. The summed E-state index contributed by atoms with van der Waals surface area (Å²) in [5.74, 6) is 0.837. The number of rotatable bonds is 5. The van der Waals surface area contributed by atoms with Gasteiger partial charge in [-0.2, -0.15) is 0 Å². The maximum atomic E-state index is 6.02. The van der Waals surface area contributed by atoms with Crippen LogP contribution in [0.2, 0.25) is 4.71 Å². The van der Waals surface area contributed by atoms with E-state index in [-0.39, 0.29) is 15.8 Å². The first kappa shape index (κ1) is 17.3. The number of nitrogens with one attached hydrogen (secondary N) is 2. The molecule has 0 spiro atoms. The van der Waals surface area contributed by atoms with Crippen molar-refractivity contribution in [1.82, 2.24) is 15.3 Å². The van der Waals surface area contributed by atoms with Gasteiger partial charge in [-0.05, 0) is 0 Å². The summed E-state index contributed by atoms with van der Waals surface area (Å²) in [4.78, 5) is 8.00. The van der Waals surface area contributed by atoms with Gasteiger partial charge in [0.25, 0.3) is 0 Å². The Morgan fingerprint density at radius 3 is 2.93 bits per heavy atom. The van der Waals surface area contributed by atoms with E-state index in [0.29, 0.717) is 5.19 Å². The predicted octanol–water partition coefficient (Wildman–Crippen LogP) is 4.68. The zero-order valence-corrected chi connectivity index (χ0v) is 17.9. The number of hydrogen-bond acceptors (Lipinski definition) is 4. The molecule has 5 rings (SSSR count). The van der Waals surface area contributed by atoms with Crippen molar-refractivity contribution in [3.05, 3.63) is 54.2 Å². The predicted molar refractivity (Wildman–Crippen MR) is 115 cm³/mol. The molecule has 1 unspecified atom stereocenters. The summed E-state index contributed by atoms with van der Waals surface area (Å²) in [7, 11) is 0. The molecule has 0 radical (unpaired) electrons. The van der Waals surface area contributed by atoms with Gasteiger partial charge in [0.1, 0.15) is 0 Å². The standard InChI is InChI=1S/C21H22AsN3OS/c1-2-4-20-18(3-1)25-21(27-20)26-16-5-6-17-14(13-24-19(17)11-16)12-22-15-7-9-23-10-8-15/h1-6,11,13,15,22-24H,7-10,12H2. The Balaban J connectivity index is 1.31. The van der Waals surface area contributed by atoms with Crippen LogP contribution in [0.5, 0.6) is 10.9 Å². The monoisotopic (exact) mass is 439 g/mol. The van der Waals surface area contributed by atoms with Crippen LogP contribution in [0.15, 0.2) is 48.7 Å². The van der Waals surface area contributed by atoms with Gasteiger partial charge in [-0.1, -0.05) is 0 Å². The molecule has 2 aromatic heterocycles. The summed E-state index contributed by atoms with van der Waals surface area (Å²) in [5.41, 5.74) is 3.61. The number of fused-ring (bicyclic) bond motifs is 2. The second-order valence-electron chi connectivity index (χ2n) is 6.98. The minimum absolute atomic E-state index is 0.0716. The number of thiazole rings is 1. The van der Waals surface area contributed by atoms with Crippen LogP contribution in [0.25, 0.3) is 21.1 Å². The van der Waals surface area contributed by atoms with Crippen molar-refractivity contribution < 1.29 is 4.74 Å². The first-order chi connectivity index (χ1) is 13.3. The van der Waals surface area contributed by atoms with Gasteiger partial charge in [0, 0.05) is 0 Å². The summed E-state index contributed by atoms with van der Waals surface area (Å²) >= 11 is 1.65. The molecule has 138 valence electrons. The normalized spacial score (nSPS) is 16.0. The van der Waals surface area contributed by atoms with Gasteiger partial charge in [0.15, 0.2) is 0 Å². The first-order valence-corrected chi connectivity index (χ1v) is 12.9. The van der Waals surface area contributed by atoms with Gasteiger partial charge < -0.3 is 0 Å². The van der Waals surface area contributed by atoms with Gasteiger partial charge in [0.05, 0.1) is 0 Å². The van der Waals surface area contributed by atoms with Crippen LogP contribution >= 0.6 is 11.3 Å². The Morgan fingerprint density at radius 2 is 2.04 bits per heavy atom. The van der Waals surface area contributed by atoms with Crippen molar-refractivity contribution >= 4 is 48.2 Å². The second-order valence-corrected chi connectivity index (χ2v) is 11.3. The molecule has 0 saturated carbocycles. The van der Waals surface area contributed by atoms with Gasteiger partial charge >= 0.3 is 169 Å². The van der Waals surface area contributed by atoms with E-state index in [9.17, 15) is 0 Å². The molecule has 1 aliphatic rings. The Labute approximate surface area is 169 Å². The molecular weight excluding hydrogens is 417 g/mol. The maximum absolute atomic E-state index is 6.02. The first-order valence-electron chi connectivity index (χ1n) is 9.43. The van der Waals surface area contributed by atoms with E-state index >= 15 is 0 Å². The van der Waals surface area contributed by atoms with Crippen molar-refractivity contribution in [3.8, 4) is 10.9 Å². The quantitative estimate of drug-likeness (QED) is 0.444. The molecule has 1 saturated heterocycles. The van der Waals surface area contributed by atoms with Crippen LogP contribution in [-0.2, 0) is 5.21 Å². The summed E-state index contributed by atoms with van der Waals surface area (Å²) in [6.45, 7) is 2.41. The average molecular weight is 439 g/mol. The number of piperidine rings is 1. The van der Waals surface area contributed by atoms with Crippen LogP contribution in [-0.4, -0.2) is 38.8 Å². The van der Waals surface area contributed by atoms with Gasteiger partial charge in [-0.3, -0.25) is 0 Å². The number of ether oxygens (including phenoxy) is 1. The van der Waals surface area contributed by atoms with Gasteiger partial charge in [-0.15, -0.1) is 0 Å². The van der Waals surface area contributed by atoms with E-state index in [0.717, 1.165) is 26.2 Å². The van der Waals surface area contributed by atoms with Crippen LogP contribution in [0.1, 0.15) is 18.4 Å². The van der Waals surface area contributed by atoms with Crippen molar-refractivity contribution in [2.75, 3.05) is 13.1 Å². The Kier molecular flexibility index (Phi) is 4.91. The van der Waals surface area contributed by atoms with E-state index in [2.05, 4.69) is 45.7 Å². The molecule has 1 atom stereocenters. The summed E-state index contributed by atoms with van der Waals surface area (Å²) in [6, 6.07) is 14.5. The van der Waals surface area contributed by atoms with Gasteiger partial charge in [-0.25, -0.2) is 0 Å². The number of aromatic nitrogens is 2. The fraction of sp³-hybridized carbons (Fsp3) is 0.286.